The first-order chi connectivity index (χ1) is 17.5. The number of aryl methyl sites for hydroxylation is 2. The number of nitrogens with zero attached hydrogens (tertiary/aromatic N) is 1. The quantitative estimate of drug-likeness (QED) is 0.411. The van der Waals surface area contributed by atoms with Gasteiger partial charge in [-0.25, -0.2) is 0 Å². The molecule has 0 unspecified atom stereocenters. The van der Waals surface area contributed by atoms with Crippen LogP contribution in [0.4, 0.5) is 0 Å². The van der Waals surface area contributed by atoms with Crippen molar-refractivity contribution in [3.63, 3.8) is 0 Å². The van der Waals surface area contributed by atoms with E-state index < -0.39 is 6.04 Å². The highest BCUT2D eigenvalue weighted by molar-refractivity contribution is 5.89. The van der Waals surface area contributed by atoms with Crippen molar-refractivity contribution in [2.45, 2.75) is 77.4 Å². The third-order valence-corrected chi connectivity index (χ3v) is 7.43. The Hall–Kier alpha value is -3.40. The molecule has 4 heteroatoms. The van der Waals surface area contributed by atoms with Crippen molar-refractivity contribution in [3.05, 3.63) is 107 Å². The number of hydrogen-bond donors (Lipinski definition) is 1. The summed E-state index contributed by atoms with van der Waals surface area (Å²) in [7, 11) is 0. The molecule has 3 aromatic carbocycles. The van der Waals surface area contributed by atoms with Crippen molar-refractivity contribution in [1.29, 1.82) is 0 Å². The lowest BCUT2D eigenvalue weighted by atomic mass is 9.94. The van der Waals surface area contributed by atoms with Gasteiger partial charge in [0, 0.05) is 19.0 Å². The zero-order chi connectivity index (χ0) is 25.3. The molecular formula is C32H38N2O2. The van der Waals surface area contributed by atoms with Gasteiger partial charge in [0.2, 0.25) is 11.8 Å². The van der Waals surface area contributed by atoms with Crippen LogP contribution in [0.25, 0.3) is 0 Å². The molecule has 0 aliphatic heterocycles. The molecule has 0 saturated heterocycles. The van der Waals surface area contributed by atoms with Gasteiger partial charge in [-0.05, 0) is 54.5 Å². The average molecular weight is 483 g/mol. The Balaban J connectivity index is 1.67. The van der Waals surface area contributed by atoms with Crippen LogP contribution < -0.4 is 5.32 Å². The second kappa shape index (κ2) is 12.5. The number of rotatable bonds is 9. The molecule has 36 heavy (non-hydrogen) atoms. The molecule has 0 bridgehead atoms. The fourth-order valence-electron chi connectivity index (χ4n) is 5.14. The number of amides is 2. The van der Waals surface area contributed by atoms with E-state index in [4.69, 9.17) is 0 Å². The highest BCUT2D eigenvalue weighted by Gasteiger charge is 2.32. The van der Waals surface area contributed by atoms with E-state index in [1.807, 2.05) is 78.6 Å². The zero-order valence-corrected chi connectivity index (χ0v) is 21.6. The van der Waals surface area contributed by atoms with E-state index in [2.05, 4.69) is 24.4 Å². The summed E-state index contributed by atoms with van der Waals surface area (Å²) in [4.78, 5) is 29.6. The largest absolute Gasteiger partial charge is 0.352 e. The second-order valence-electron chi connectivity index (χ2n) is 10.1. The Kier molecular flexibility index (Phi) is 8.94. The molecule has 0 radical (unpaired) electrons. The Bertz CT molecular complexity index is 1150. The summed E-state index contributed by atoms with van der Waals surface area (Å²) in [6, 6.07) is 25.8. The number of hydrogen-bond acceptors (Lipinski definition) is 2. The predicted molar refractivity (Wildman–Crippen MR) is 146 cm³/mol. The maximum absolute atomic E-state index is 14.0. The van der Waals surface area contributed by atoms with E-state index in [0.29, 0.717) is 13.0 Å². The summed E-state index contributed by atoms with van der Waals surface area (Å²) in [5.41, 5.74) is 5.34. The standard InChI is InChI=1S/C32H38N2O2/c1-24-13-9-11-17-27(24)22-31(35)34(23-28-18-12-10-14-25(28)2)30(21-26-15-5-3-6-16-26)32(36)33-29-19-7-4-8-20-29/h3,5-6,9-18,29-30H,4,7-8,19-23H2,1-2H3,(H,33,36)/t30-/m0/s1. The van der Waals surface area contributed by atoms with Gasteiger partial charge in [0.05, 0.1) is 6.42 Å². The molecule has 2 amide bonds. The van der Waals surface area contributed by atoms with Gasteiger partial charge < -0.3 is 10.2 Å². The molecule has 4 nitrogen and oxygen atoms in total. The third-order valence-electron chi connectivity index (χ3n) is 7.43. The molecule has 0 aromatic heterocycles. The Labute approximate surface area is 215 Å². The van der Waals surface area contributed by atoms with Crippen molar-refractivity contribution >= 4 is 11.8 Å². The summed E-state index contributed by atoms with van der Waals surface area (Å²) in [6.45, 7) is 4.51. The second-order valence-corrected chi connectivity index (χ2v) is 10.1. The highest BCUT2D eigenvalue weighted by atomic mass is 16.2. The topological polar surface area (TPSA) is 49.4 Å². The Morgan fingerprint density at radius 2 is 1.39 bits per heavy atom. The first-order valence-corrected chi connectivity index (χ1v) is 13.2. The molecule has 0 spiro atoms. The number of carbonyl (C=O) groups excluding carboxylic acids is 2. The van der Waals surface area contributed by atoms with Crippen LogP contribution in [0.15, 0.2) is 78.9 Å². The van der Waals surface area contributed by atoms with Gasteiger partial charge in [0.1, 0.15) is 6.04 Å². The summed E-state index contributed by atoms with van der Waals surface area (Å²) in [5.74, 6) is -0.0650. The zero-order valence-electron chi connectivity index (χ0n) is 21.6. The van der Waals surface area contributed by atoms with Crippen LogP contribution in [0.3, 0.4) is 0 Å². The van der Waals surface area contributed by atoms with Crippen LogP contribution in [0.5, 0.6) is 0 Å². The van der Waals surface area contributed by atoms with E-state index in [1.165, 1.54) is 6.42 Å². The Morgan fingerprint density at radius 3 is 2.03 bits per heavy atom. The van der Waals surface area contributed by atoms with Crippen LogP contribution in [-0.2, 0) is 29.0 Å². The van der Waals surface area contributed by atoms with E-state index in [1.54, 1.807) is 0 Å². The highest BCUT2D eigenvalue weighted by Crippen LogP contribution is 2.21. The van der Waals surface area contributed by atoms with Gasteiger partial charge in [-0.3, -0.25) is 9.59 Å². The summed E-state index contributed by atoms with van der Waals surface area (Å²) < 4.78 is 0. The molecule has 1 N–H and O–H groups in total. The van der Waals surface area contributed by atoms with Crippen molar-refractivity contribution in [2.75, 3.05) is 0 Å². The Morgan fingerprint density at radius 1 is 0.806 bits per heavy atom. The van der Waals surface area contributed by atoms with Gasteiger partial charge >= 0.3 is 0 Å². The maximum Gasteiger partial charge on any atom is 0.243 e. The number of benzene rings is 3. The smallest absolute Gasteiger partial charge is 0.243 e. The SMILES string of the molecule is Cc1ccccc1CC(=O)N(Cc1ccccc1C)[C@@H](Cc1ccccc1)C(=O)NC1CCCCC1. The van der Waals surface area contributed by atoms with Gasteiger partial charge in [-0.15, -0.1) is 0 Å². The van der Waals surface area contributed by atoms with Gasteiger partial charge in [-0.1, -0.05) is 98.1 Å². The van der Waals surface area contributed by atoms with Crippen LogP contribution in [0.2, 0.25) is 0 Å². The normalized spacial score (nSPS) is 14.7. The lowest BCUT2D eigenvalue weighted by molar-refractivity contribution is -0.141. The minimum atomic E-state index is -0.578. The van der Waals surface area contributed by atoms with Gasteiger partial charge in [-0.2, -0.15) is 0 Å². The molecule has 4 rings (SSSR count). The molecule has 3 aromatic rings. The van der Waals surface area contributed by atoms with Crippen molar-refractivity contribution in [1.82, 2.24) is 10.2 Å². The van der Waals surface area contributed by atoms with Crippen LogP contribution in [-0.4, -0.2) is 28.8 Å². The van der Waals surface area contributed by atoms with Crippen molar-refractivity contribution in [2.24, 2.45) is 0 Å². The molecule has 1 aliphatic rings. The predicted octanol–water partition coefficient (Wildman–Crippen LogP) is 5.93. The number of carbonyl (C=O) groups is 2. The van der Waals surface area contributed by atoms with Crippen molar-refractivity contribution in [3.8, 4) is 0 Å². The molecule has 1 atom stereocenters. The van der Waals surface area contributed by atoms with E-state index >= 15 is 0 Å². The molecule has 0 heterocycles. The average Bonchev–Trinajstić information content (AvgIpc) is 2.89. The number of nitrogens with one attached hydrogen (secondary N) is 1. The minimum absolute atomic E-state index is 0.0210. The minimum Gasteiger partial charge on any atom is -0.352 e. The molecular weight excluding hydrogens is 444 g/mol. The lowest BCUT2D eigenvalue weighted by Gasteiger charge is -2.34. The van der Waals surface area contributed by atoms with E-state index in [-0.39, 0.29) is 24.3 Å². The molecule has 1 aliphatic carbocycles. The summed E-state index contributed by atoms with van der Waals surface area (Å²) >= 11 is 0. The monoisotopic (exact) mass is 482 g/mol. The maximum atomic E-state index is 14.0. The van der Waals surface area contributed by atoms with E-state index in [9.17, 15) is 9.59 Å². The van der Waals surface area contributed by atoms with Crippen LogP contribution >= 0.6 is 0 Å². The van der Waals surface area contributed by atoms with Crippen LogP contribution in [0.1, 0.15) is 59.9 Å². The van der Waals surface area contributed by atoms with E-state index in [0.717, 1.165) is 53.5 Å². The summed E-state index contributed by atoms with van der Waals surface area (Å²) in [6.07, 6.45) is 6.32. The molecule has 1 saturated carbocycles. The molecule has 188 valence electrons. The first kappa shape index (κ1) is 25.7. The third kappa shape index (κ3) is 6.84. The first-order valence-electron chi connectivity index (χ1n) is 13.2. The fraction of sp³-hybridized carbons (Fsp3) is 0.375. The van der Waals surface area contributed by atoms with Gasteiger partial charge in [0.25, 0.3) is 0 Å². The van der Waals surface area contributed by atoms with Gasteiger partial charge in [0.15, 0.2) is 0 Å². The molecule has 1 fully saturated rings. The lowest BCUT2D eigenvalue weighted by Crippen LogP contribution is -2.53. The van der Waals surface area contributed by atoms with Crippen molar-refractivity contribution < 1.29 is 9.59 Å². The summed E-state index contributed by atoms with van der Waals surface area (Å²) in [5, 5.41) is 3.32. The van der Waals surface area contributed by atoms with Crippen LogP contribution in [0, 0.1) is 13.8 Å². The fourth-order valence-corrected chi connectivity index (χ4v) is 5.14.